The van der Waals surface area contributed by atoms with Crippen molar-refractivity contribution in [3.8, 4) is 0 Å². The first-order chi connectivity index (χ1) is 8.66. The number of aliphatic carboxylic acids is 1. The van der Waals surface area contributed by atoms with E-state index >= 15 is 0 Å². The molecule has 7 heteroatoms. The monoisotopic (exact) mass is 252 g/mol. The van der Waals surface area contributed by atoms with E-state index < -0.39 is 5.97 Å². The molecule has 0 aromatic carbocycles. The summed E-state index contributed by atoms with van der Waals surface area (Å²) in [4.78, 5) is 24.6. The Balaban J connectivity index is 1.99. The third kappa shape index (κ3) is 3.06. The van der Waals surface area contributed by atoms with E-state index in [9.17, 15) is 9.59 Å². The fraction of sp³-hybridized carbons (Fsp3) is 0.636. The average molecular weight is 252 g/mol. The Labute approximate surface area is 104 Å². The molecule has 1 atom stereocenters. The van der Waals surface area contributed by atoms with Crippen molar-refractivity contribution in [1.82, 2.24) is 19.9 Å². The first-order valence-electron chi connectivity index (χ1n) is 6.02. The van der Waals surface area contributed by atoms with Crippen LogP contribution in [-0.4, -0.2) is 49.5 Å². The van der Waals surface area contributed by atoms with Gasteiger partial charge in [0.05, 0.1) is 12.6 Å². The van der Waals surface area contributed by atoms with Crippen LogP contribution < -0.4 is 0 Å². The van der Waals surface area contributed by atoms with Gasteiger partial charge in [-0.15, -0.1) is 5.10 Å². The van der Waals surface area contributed by atoms with Crippen LogP contribution in [0.4, 0.5) is 0 Å². The Morgan fingerprint density at radius 1 is 1.39 bits per heavy atom. The summed E-state index contributed by atoms with van der Waals surface area (Å²) < 4.78 is 1.45. The highest BCUT2D eigenvalue weighted by atomic mass is 16.4. The molecule has 1 amide bonds. The summed E-state index contributed by atoms with van der Waals surface area (Å²) in [6, 6.07) is -0.188. The fourth-order valence-corrected chi connectivity index (χ4v) is 2.29. The van der Waals surface area contributed by atoms with Crippen molar-refractivity contribution in [2.75, 3.05) is 6.54 Å². The molecule has 2 rings (SSSR count). The summed E-state index contributed by atoms with van der Waals surface area (Å²) in [7, 11) is 0. The number of likely N-dealkylation sites (tertiary alicyclic amines) is 1. The normalized spacial score (nSPS) is 19.8. The lowest BCUT2D eigenvalue weighted by atomic mass is 9.99. The van der Waals surface area contributed by atoms with E-state index in [0.29, 0.717) is 6.54 Å². The van der Waals surface area contributed by atoms with Crippen LogP contribution >= 0.6 is 0 Å². The number of rotatable bonds is 4. The molecule has 1 saturated heterocycles. The lowest BCUT2D eigenvalue weighted by Crippen LogP contribution is -2.46. The first kappa shape index (κ1) is 12.5. The number of piperidine rings is 1. The molecule has 2 heterocycles. The Kier molecular flexibility index (Phi) is 3.91. The van der Waals surface area contributed by atoms with Crippen molar-refractivity contribution < 1.29 is 14.7 Å². The number of amides is 1. The Bertz CT molecular complexity index is 418. The average Bonchev–Trinajstić information content (AvgIpc) is 2.81. The molecule has 7 nitrogen and oxygen atoms in total. The summed E-state index contributed by atoms with van der Waals surface area (Å²) in [6.45, 7) is 0.752. The minimum atomic E-state index is -0.861. The molecule has 0 spiro atoms. The van der Waals surface area contributed by atoms with E-state index in [-0.39, 0.29) is 24.9 Å². The summed E-state index contributed by atoms with van der Waals surface area (Å²) in [6.07, 6.45) is 5.81. The van der Waals surface area contributed by atoms with Gasteiger partial charge in [-0.05, 0) is 19.3 Å². The molecule has 98 valence electrons. The van der Waals surface area contributed by atoms with E-state index in [1.807, 2.05) is 0 Å². The van der Waals surface area contributed by atoms with Gasteiger partial charge in [-0.25, -0.2) is 4.68 Å². The number of carboxylic acid groups (broad SMARTS) is 1. The molecular weight excluding hydrogens is 236 g/mol. The summed E-state index contributed by atoms with van der Waals surface area (Å²) in [5.41, 5.74) is 0. The van der Waals surface area contributed by atoms with Crippen molar-refractivity contribution in [3.05, 3.63) is 12.4 Å². The lowest BCUT2D eigenvalue weighted by molar-refractivity contribution is -0.142. The fourth-order valence-electron chi connectivity index (χ4n) is 2.29. The van der Waals surface area contributed by atoms with E-state index in [0.717, 1.165) is 19.3 Å². The molecule has 1 aliphatic heterocycles. The molecule has 18 heavy (non-hydrogen) atoms. The highest BCUT2D eigenvalue weighted by Gasteiger charge is 2.28. The van der Waals surface area contributed by atoms with Gasteiger partial charge < -0.3 is 10.0 Å². The third-order valence-corrected chi connectivity index (χ3v) is 3.13. The summed E-state index contributed by atoms with van der Waals surface area (Å²) in [5.74, 6) is -0.952. The van der Waals surface area contributed by atoms with E-state index in [2.05, 4.69) is 10.3 Å². The standard InChI is InChI=1S/C11H16N4O3/c16-10(8-14-6-4-12-13-14)15-5-2-1-3-9(15)7-11(17)18/h4,6,9H,1-3,5,7-8H2,(H,17,18). The van der Waals surface area contributed by atoms with E-state index in [4.69, 9.17) is 5.11 Å². The Morgan fingerprint density at radius 3 is 2.89 bits per heavy atom. The van der Waals surface area contributed by atoms with Gasteiger partial charge in [-0.3, -0.25) is 9.59 Å². The highest BCUT2D eigenvalue weighted by Crippen LogP contribution is 2.20. The Hall–Kier alpha value is -1.92. The lowest BCUT2D eigenvalue weighted by Gasteiger charge is -2.34. The maximum atomic E-state index is 12.1. The predicted octanol–water partition coefficient (Wildman–Crippen LogP) is 0.134. The number of hydrogen-bond donors (Lipinski definition) is 1. The molecule has 1 aliphatic rings. The minimum absolute atomic E-state index is 0.0170. The number of nitrogens with zero attached hydrogens (tertiary/aromatic N) is 4. The maximum absolute atomic E-state index is 12.1. The number of carbonyl (C=O) groups excluding carboxylic acids is 1. The number of carboxylic acids is 1. The van der Waals surface area contributed by atoms with Gasteiger partial charge in [-0.1, -0.05) is 5.21 Å². The van der Waals surface area contributed by atoms with Crippen LogP contribution in [0.15, 0.2) is 12.4 Å². The molecule has 1 aromatic heterocycles. The molecule has 0 radical (unpaired) electrons. The van der Waals surface area contributed by atoms with Crippen LogP contribution in [0.5, 0.6) is 0 Å². The van der Waals surface area contributed by atoms with E-state index in [1.54, 1.807) is 11.1 Å². The van der Waals surface area contributed by atoms with Gasteiger partial charge in [0.1, 0.15) is 6.54 Å². The summed E-state index contributed by atoms with van der Waals surface area (Å²) >= 11 is 0. The van der Waals surface area contributed by atoms with Crippen molar-refractivity contribution in [2.24, 2.45) is 0 Å². The van der Waals surface area contributed by atoms with Crippen molar-refractivity contribution in [1.29, 1.82) is 0 Å². The molecule has 1 aromatic rings. The number of hydrogen-bond acceptors (Lipinski definition) is 4. The molecule has 0 aliphatic carbocycles. The van der Waals surface area contributed by atoms with Crippen LogP contribution in [0.25, 0.3) is 0 Å². The second-order valence-electron chi connectivity index (χ2n) is 4.44. The smallest absolute Gasteiger partial charge is 0.305 e. The quantitative estimate of drug-likeness (QED) is 0.823. The van der Waals surface area contributed by atoms with Crippen molar-refractivity contribution >= 4 is 11.9 Å². The molecule has 1 fully saturated rings. The van der Waals surface area contributed by atoms with Crippen LogP contribution in [0.3, 0.4) is 0 Å². The van der Waals surface area contributed by atoms with Crippen LogP contribution in [0.1, 0.15) is 25.7 Å². The van der Waals surface area contributed by atoms with Crippen LogP contribution in [0.2, 0.25) is 0 Å². The van der Waals surface area contributed by atoms with Gasteiger partial charge in [-0.2, -0.15) is 0 Å². The zero-order chi connectivity index (χ0) is 13.0. The maximum Gasteiger partial charge on any atom is 0.305 e. The first-order valence-corrected chi connectivity index (χ1v) is 6.02. The molecule has 1 N–H and O–H groups in total. The summed E-state index contributed by atoms with van der Waals surface area (Å²) in [5, 5.41) is 16.2. The van der Waals surface area contributed by atoms with Crippen LogP contribution in [0, 0.1) is 0 Å². The van der Waals surface area contributed by atoms with E-state index in [1.165, 1.54) is 10.9 Å². The van der Waals surface area contributed by atoms with Gasteiger partial charge >= 0.3 is 5.97 Å². The predicted molar refractivity (Wildman–Crippen MR) is 61.6 cm³/mol. The second-order valence-corrected chi connectivity index (χ2v) is 4.44. The minimum Gasteiger partial charge on any atom is -0.481 e. The largest absolute Gasteiger partial charge is 0.481 e. The molecule has 0 bridgehead atoms. The van der Waals surface area contributed by atoms with Crippen LogP contribution in [-0.2, 0) is 16.1 Å². The molecule has 0 saturated carbocycles. The SMILES string of the molecule is O=C(O)CC1CCCCN1C(=O)Cn1ccnn1. The zero-order valence-electron chi connectivity index (χ0n) is 10.0. The molecular formula is C11H16N4O3. The second kappa shape index (κ2) is 5.61. The molecule has 1 unspecified atom stereocenters. The topological polar surface area (TPSA) is 88.3 Å². The van der Waals surface area contributed by atoms with Gasteiger partial charge in [0, 0.05) is 18.8 Å². The van der Waals surface area contributed by atoms with Crippen molar-refractivity contribution in [3.63, 3.8) is 0 Å². The zero-order valence-corrected chi connectivity index (χ0v) is 10.0. The van der Waals surface area contributed by atoms with Crippen molar-refractivity contribution in [2.45, 2.75) is 38.3 Å². The number of carbonyl (C=O) groups is 2. The Morgan fingerprint density at radius 2 is 2.22 bits per heavy atom. The van der Waals surface area contributed by atoms with Gasteiger partial charge in [0.25, 0.3) is 0 Å². The van der Waals surface area contributed by atoms with Gasteiger partial charge in [0.2, 0.25) is 5.91 Å². The van der Waals surface area contributed by atoms with Gasteiger partial charge in [0.15, 0.2) is 0 Å². The number of aromatic nitrogens is 3. The highest BCUT2D eigenvalue weighted by molar-refractivity contribution is 5.77. The third-order valence-electron chi connectivity index (χ3n) is 3.13.